The minimum atomic E-state index is -4.49. The molecule has 2 aromatic heterocycles. The molecule has 0 saturated heterocycles. The second-order valence-corrected chi connectivity index (χ2v) is 7.33. The highest BCUT2D eigenvalue weighted by atomic mass is 32.1. The number of Topliss-reactive ketones (excluding diaryl/α,β-unsaturated/α-hetero) is 1. The molecule has 1 N–H and O–H groups in total. The summed E-state index contributed by atoms with van der Waals surface area (Å²) in [5.41, 5.74) is 0.139. The Hall–Kier alpha value is -2.71. The molecule has 2 heterocycles. The monoisotopic (exact) mass is 404 g/mol. The fourth-order valence-electron chi connectivity index (χ4n) is 3.27. The van der Waals surface area contributed by atoms with E-state index in [0.29, 0.717) is 5.56 Å². The van der Waals surface area contributed by atoms with Gasteiger partial charge in [-0.1, -0.05) is 42.5 Å². The lowest BCUT2D eigenvalue weighted by Crippen LogP contribution is -2.18. The standard InChI is InChI=1S/C20H15F3N2O2S/c21-20(22,23)18-10-28-19-16(24-11-25(18)19)8-17(27)15(9-26)14-6-5-12-3-1-2-4-13(12)7-14/h1-7,10-11,15,26H,8-9H2. The van der Waals surface area contributed by atoms with Crippen LogP contribution in [0.1, 0.15) is 22.9 Å². The van der Waals surface area contributed by atoms with Crippen LogP contribution in [0.4, 0.5) is 13.2 Å². The molecule has 4 aromatic rings. The number of aliphatic hydroxyl groups excluding tert-OH is 1. The predicted octanol–water partition coefficient (Wildman–Crippen LogP) is 4.46. The Labute approximate surface area is 161 Å². The largest absolute Gasteiger partial charge is 0.432 e. The number of rotatable bonds is 5. The summed E-state index contributed by atoms with van der Waals surface area (Å²) in [5.74, 6) is -1.05. The maximum Gasteiger partial charge on any atom is 0.432 e. The molecule has 4 nitrogen and oxygen atoms in total. The van der Waals surface area contributed by atoms with E-state index in [9.17, 15) is 23.1 Å². The third kappa shape index (κ3) is 3.29. The molecule has 4 rings (SSSR count). The highest BCUT2D eigenvalue weighted by Crippen LogP contribution is 2.34. The number of halogens is 3. The van der Waals surface area contributed by atoms with Crippen LogP contribution in [0.2, 0.25) is 0 Å². The van der Waals surface area contributed by atoms with Gasteiger partial charge in [0.2, 0.25) is 0 Å². The number of aliphatic hydroxyl groups is 1. The van der Waals surface area contributed by atoms with Gasteiger partial charge in [-0.2, -0.15) is 13.2 Å². The van der Waals surface area contributed by atoms with Gasteiger partial charge in [0.25, 0.3) is 0 Å². The lowest BCUT2D eigenvalue weighted by molar-refractivity contribution is -0.141. The zero-order valence-corrected chi connectivity index (χ0v) is 15.3. The van der Waals surface area contributed by atoms with E-state index in [0.717, 1.165) is 38.2 Å². The summed E-state index contributed by atoms with van der Waals surface area (Å²) in [4.78, 5) is 17.1. The zero-order chi connectivity index (χ0) is 19.9. The number of carbonyl (C=O) groups is 1. The molecule has 0 bridgehead atoms. The Morgan fingerprint density at radius 2 is 1.93 bits per heavy atom. The minimum absolute atomic E-state index is 0.146. The second-order valence-electron chi connectivity index (χ2n) is 6.47. The first kappa shape index (κ1) is 18.6. The number of carbonyl (C=O) groups excluding carboxylic acids is 1. The molecular formula is C20H15F3N2O2S. The van der Waals surface area contributed by atoms with Gasteiger partial charge in [0.15, 0.2) is 0 Å². The van der Waals surface area contributed by atoms with Gasteiger partial charge in [0, 0.05) is 5.38 Å². The Morgan fingerprint density at radius 1 is 1.18 bits per heavy atom. The predicted molar refractivity (Wildman–Crippen MR) is 101 cm³/mol. The summed E-state index contributed by atoms with van der Waals surface area (Å²) in [6.45, 7) is -0.383. The molecule has 0 amide bonds. The molecule has 0 radical (unpaired) electrons. The van der Waals surface area contributed by atoms with Gasteiger partial charge in [-0.25, -0.2) is 4.98 Å². The summed E-state index contributed by atoms with van der Waals surface area (Å²) in [6.07, 6.45) is -3.55. The number of imidazole rings is 1. The van der Waals surface area contributed by atoms with Gasteiger partial charge in [-0.05, 0) is 16.3 Å². The van der Waals surface area contributed by atoms with E-state index < -0.39 is 17.8 Å². The first-order valence-corrected chi connectivity index (χ1v) is 9.39. The number of benzene rings is 2. The van der Waals surface area contributed by atoms with Crippen molar-refractivity contribution in [3.05, 3.63) is 71.1 Å². The number of alkyl halides is 3. The van der Waals surface area contributed by atoms with E-state index in [4.69, 9.17) is 0 Å². The highest BCUT2D eigenvalue weighted by Gasteiger charge is 2.35. The van der Waals surface area contributed by atoms with E-state index in [-0.39, 0.29) is 29.3 Å². The fourth-order valence-corrected chi connectivity index (χ4v) is 4.26. The van der Waals surface area contributed by atoms with Crippen molar-refractivity contribution in [3.8, 4) is 0 Å². The van der Waals surface area contributed by atoms with Crippen molar-refractivity contribution in [2.24, 2.45) is 0 Å². The van der Waals surface area contributed by atoms with Crippen LogP contribution in [-0.4, -0.2) is 26.9 Å². The van der Waals surface area contributed by atoms with Gasteiger partial charge in [-0.15, -0.1) is 11.3 Å². The summed E-state index contributed by atoms with van der Waals surface area (Å²) in [7, 11) is 0. The van der Waals surface area contributed by atoms with E-state index in [2.05, 4.69) is 4.98 Å². The summed E-state index contributed by atoms with van der Waals surface area (Å²) in [6, 6.07) is 13.2. The van der Waals surface area contributed by atoms with Crippen LogP contribution in [0, 0.1) is 0 Å². The van der Waals surface area contributed by atoms with Crippen molar-refractivity contribution in [3.63, 3.8) is 0 Å². The molecule has 0 saturated carbocycles. The van der Waals surface area contributed by atoms with Crippen LogP contribution in [0.5, 0.6) is 0 Å². The smallest absolute Gasteiger partial charge is 0.395 e. The third-order valence-electron chi connectivity index (χ3n) is 4.72. The SMILES string of the molecule is O=C(Cc1ncn2c(C(F)(F)F)csc12)C(CO)c1ccc2ccccc2c1. The van der Waals surface area contributed by atoms with Gasteiger partial charge in [0.1, 0.15) is 22.6 Å². The van der Waals surface area contributed by atoms with Crippen LogP contribution >= 0.6 is 11.3 Å². The van der Waals surface area contributed by atoms with Crippen molar-refractivity contribution in [1.82, 2.24) is 9.38 Å². The van der Waals surface area contributed by atoms with Crippen molar-refractivity contribution in [1.29, 1.82) is 0 Å². The molecule has 28 heavy (non-hydrogen) atoms. The Bertz CT molecular complexity index is 1160. The average molecular weight is 404 g/mol. The molecule has 1 unspecified atom stereocenters. The molecule has 0 aliphatic rings. The molecule has 0 fully saturated rings. The minimum Gasteiger partial charge on any atom is -0.395 e. The molecule has 144 valence electrons. The number of nitrogens with zero attached hydrogens (tertiary/aromatic N) is 2. The number of ketones is 1. The number of fused-ring (bicyclic) bond motifs is 2. The molecular weight excluding hydrogens is 389 g/mol. The molecule has 2 aromatic carbocycles. The van der Waals surface area contributed by atoms with Gasteiger partial charge in [0.05, 0.1) is 24.6 Å². The molecule has 0 aliphatic carbocycles. The number of aromatic nitrogens is 2. The zero-order valence-electron chi connectivity index (χ0n) is 14.5. The van der Waals surface area contributed by atoms with Crippen LogP contribution in [0.15, 0.2) is 54.2 Å². The van der Waals surface area contributed by atoms with Crippen molar-refractivity contribution >= 4 is 32.7 Å². The summed E-state index contributed by atoms with van der Waals surface area (Å²) in [5, 5.41) is 12.8. The summed E-state index contributed by atoms with van der Waals surface area (Å²) >= 11 is 0.899. The topological polar surface area (TPSA) is 54.6 Å². The molecule has 0 aliphatic heterocycles. The number of hydrogen-bond acceptors (Lipinski definition) is 4. The molecule has 0 spiro atoms. The Balaban J connectivity index is 1.62. The Kier molecular flexibility index (Phi) is 4.68. The lowest BCUT2D eigenvalue weighted by atomic mass is 9.91. The average Bonchev–Trinajstić information content (AvgIpc) is 3.25. The Morgan fingerprint density at radius 3 is 2.64 bits per heavy atom. The second kappa shape index (κ2) is 7.03. The summed E-state index contributed by atoms with van der Waals surface area (Å²) < 4.78 is 40.0. The normalized spacial score (nSPS) is 13.3. The maximum atomic E-state index is 13.0. The lowest BCUT2D eigenvalue weighted by Gasteiger charge is -2.14. The highest BCUT2D eigenvalue weighted by molar-refractivity contribution is 7.15. The van der Waals surface area contributed by atoms with Crippen molar-refractivity contribution < 1.29 is 23.1 Å². The first-order chi connectivity index (χ1) is 13.4. The molecule has 1 atom stereocenters. The van der Waals surface area contributed by atoms with Gasteiger partial charge >= 0.3 is 6.18 Å². The van der Waals surface area contributed by atoms with Crippen LogP contribution < -0.4 is 0 Å². The number of thiazole rings is 1. The van der Waals surface area contributed by atoms with Crippen LogP contribution in [0.3, 0.4) is 0 Å². The quantitative estimate of drug-likeness (QED) is 0.535. The van der Waals surface area contributed by atoms with Crippen LogP contribution in [0.25, 0.3) is 15.6 Å². The van der Waals surface area contributed by atoms with E-state index in [1.165, 1.54) is 0 Å². The van der Waals surface area contributed by atoms with Gasteiger partial charge in [-0.3, -0.25) is 9.20 Å². The fraction of sp³-hybridized carbons (Fsp3) is 0.200. The third-order valence-corrected chi connectivity index (χ3v) is 5.71. The van der Waals surface area contributed by atoms with Crippen molar-refractivity contribution in [2.45, 2.75) is 18.5 Å². The van der Waals surface area contributed by atoms with E-state index >= 15 is 0 Å². The maximum absolute atomic E-state index is 13.0. The molecule has 8 heteroatoms. The first-order valence-electron chi connectivity index (χ1n) is 8.51. The van der Waals surface area contributed by atoms with E-state index in [1.54, 1.807) is 6.07 Å². The van der Waals surface area contributed by atoms with E-state index in [1.807, 2.05) is 36.4 Å². The van der Waals surface area contributed by atoms with Gasteiger partial charge < -0.3 is 5.11 Å². The van der Waals surface area contributed by atoms with Crippen molar-refractivity contribution in [2.75, 3.05) is 6.61 Å². The van der Waals surface area contributed by atoms with Crippen LogP contribution in [-0.2, 0) is 17.4 Å². The number of hydrogen-bond donors (Lipinski definition) is 1.